The van der Waals surface area contributed by atoms with E-state index in [9.17, 15) is 4.79 Å². The van der Waals surface area contributed by atoms with Crippen molar-refractivity contribution in [3.8, 4) is 0 Å². The summed E-state index contributed by atoms with van der Waals surface area (Å²) in [6.07, 6.45) is 2.53. The summed E-state index contributed by atoms with van der Waals surface area (Å²) in [6, 6.07) is 0. The van der Waals surface area contributed by atoms with Crippen molar-refractivity contribution in [1.82, 2.24) is 0 Å². The van der Waals surface area contributed by atoms with Crippen molar-refractivity contribution in [2.24, 2.45) is 0 Å². The zero-order valence-electron chi connectivity index (χ0n) is 7.16. The van der Waals surface area contributed by atoms with Crippen LogP contribution in [0.15, 0.2) is 12.3 Å². The van der Waals surface area contributed by atoms with E-state index in [1.54, 1.807) is 13.8 Å². The van der Waals surface area contributed by atoms with Crippen LogP contribution in [0.4, 0.5) is 0 Å². The lowest BCUT2D eigenvalue weighted by Gasteiger charge is -2.03. The second kappa shape index (κ2) is 5.77. The van der Waals surface area contributed by atoms with E-state index in [-0.39, 0.29) is 12.1 Å². The molecule has 0 saturated carbocycles. The number of carbonyl (C=O) groups is 1. The normalized spacial score (nSPS) is 10.5. The highest BCUT2D eigenvalue weighted by molar-refractivity contribution is 5.81. The number of ether oxygens (including phenoxy) is 2. The van der Waals surface area contributed by atoms with Gasteiger partial charge in [0.05, 0.1) is 25.0 Å². The average Bonchev–Trinajstić information content (AvgIpc) is 1.86. The van der Waals surface area contributed by atoms with Crippen LogP contribution in [0.5, 0.6) is 0 Å². The summed E-state index contributed by atoms with van der Waals surface area (Å²) in [5.74, 6) is -0.367. The van der Waals surface area contributed by atoms with Crippen LogP contribution in [0.25, 0.3) is 0 Å². The number of hydrogen-bond donors (Lipinski definition) is 0. The van der Waals surface area contributed by atoms with Gasteiger partial charge in [-0.3, -0.25) is 0 Å². The third kappa shape index (κ3) is 6.90. The standard InChI is InChI=1S/C8H14O3/c1-4-10-6-5-8(9)11-7(2)3/h5-7H,4H2,1-3H3. The first-order valence-electron chi connectivity index (χ1n) is 3.65. The maximum absolute atomic E-state index is 10.7. The van der Waals surface area contributed by atoms with Crippen molar-refractivity contribution in [1.29, 1.82) is 0 Å². The van der Waals surface area contributed by atoms with Crippen LogP contribution in [0.3, 0.4) is 0 Å². The molecular weight excluding hydrogens is 144 g/mol. The summed E-state index contributed by atoms with van der Waals surface area (Å²) in [6.45, 7) is 6.00. The third-order valence-electron chi connectivity index (χ3n) is 0.819. The molecule has 0 aromatic rings. The highest BCUT2D eigenvalue weighted by Gasteiger charge is 1.98. The molecule has 11 heavy (non-hydrogen) atoms. The molecule has 0 unspecified atom stereocenters. The van der Waals surface area contributed by atoms with Crippen LogP contribution in [0.1, 0.15) is 20.8 Å². The monoisotopic (exact) mass is 158 g/mol. The van der Waals surface area contributed by atoms with Crippen molar-refractivity contribution >= 4 is 5.97 Å². The Morgan fingerprint density at radius 3 is 2.64 bits per heavy atom. The summed E-state index contributed by atoms with van der Waals surface area (Å²) < 4.78 is 9.60. The molecule has 0 rings (SSSR count). The fourth-order valence-electron chi connectivity index (χ4n) is 0.471. The van der Waals surface area contributed by atoms with E-state index in [4.69, 9.17) is 9.47 Å². The summed E-state index contributed by atoms with van der Waals surface area (Å²) in [5.41, 5.74) is 0. The molecule has 0 bridgehead atoms. The predicted molar refractivity (Wildman–Crippen MR) is 42.0 cm³/mol. The largest absolute Gasteiger partial charge is 0.501 e. The molecule has 3 heteroatoms. The third-order valence-corrected chi connectivity index (χ3v) is 0.819. The SMILES string of the molecule is CCOC=CC(=O)OC(C)C. The van der Waals surface area contributed by atoms with E-state index in [1.165, 1.54) is 12.3 Å². The lowest BCUT2D eigenvalue weighted by molar-refractivity contribution is -0.141. The Labute approximate surface area is 67.0 Å². The minimum atomic E-state index is -0.367. The number of esters is 1. The van der Waals surface area contributed by atoms with Crippen LogP contribution < -0.4 is 0 Å². The fourth-order valence-corrected chi connectivity index (χ4v) is 0.471. The van der Waals surface area contributed by atoms with Gasteiger partial charge in [0.15, 0.2) is 0 Å². The predicted octanol–water partition coefficient (Wildman–Crippen LogP) is 1.49. The van der Waals surface area contributed by atoms with Crippen LogP contribution >= 0.6 is 0 Å². The van der Waals surface area contributed by atoms with E-state index in [0.29, 0.717) is 6.61 Å². The van der Waals surface area contributed by atoms with Gasteiger partial charge in [0, 0.05) is 0 Å². The van der Waals surface area contributed by atoms with Crippen LogP contribution in [0.2, 0.25) is 0 Å². The highest BCUT2D eigenvalue weighted by Crippen LogP contribution is 1.90. The first-order valence-corrected chi connectivity index (χ1v) is 3.65. The summed E-state index contributed by atoms with van der Waals surface area (Å²) >= 11 is 0. The molecule has 0 aliphatic heterocycles. The summed E-state index contributed by atoms with van der Waals surface area (Å²) in [4.78, 5) is 10.7. The van der Waals surface area contributed by atoms with E-state index >= 15 is 0 Å². The Morgan fingerprint density at radius 1 is 1.55 bits per heavy atom. The van der Waals surface area contributed by atoms with Gasteiger partial charge in [0.2, 0.25) is 0 Å². The topological polar surface area (TPSA) is 35.5 Å². The van der Waals surface area contributed by atoms with E-state index < -0.39 is 0 Å². The minimum Gasteiger partial charge on any atom is -0.501 e. The minimum absolute atomic E-state index is 0.0752. The van der Waals surface area contributed by atoms with Gasteiger partial charge < -0.3 is 9.47 Å². The van der Waals surface area contributed by atoms with E-state index in [1.807, 2.05) is 6.92 Å². The molecule has 0 N–H and O–H groups in total. The number of carbonyl (C=O) groups excluding carboxylic acids is 1. The van der Waals surface area contributed by atoms with Gasteiger partial charge >= 0.3 is 5.97 Å². The molecule has 0 fully saturated rings. The Kier molecular flexibility index (Phi) is 5.25. The Bertz CT molecular complexity index is 138. The van der Waals surface area contributed by atoms with Crippen molar-refractivity contribution in [3.05, 3.63) is 12.3 Å². The lowest BCUT2D eigenvalue weighted by Crippen LogP contribution is -2.08. The maximum atomic E-state index is 10.7. The van der Waals surface area contributed by atoms with Gasteiger partial charge in [0.1, 0.15) is 0 Å². The smallest absolute Gasteiger partial charge is 0.334 e. The molecule has 0 radical (unpaired) electrons. The van der Waals surface area contributed by atoms with Gasteiger partial charge in [-0.15, -0.1) is 0 Å². The first-order chi connectivity index (χ1) is 5.16. The lowest BCUT2D eigenvalue weighted by atomic mass is 10.5. The van der Waals surface area contributed by atoms with Gasteiger partial charge in [-0.25, -0.2) is 4.79 Å². The Morgan fingerprint density at radius 2 is 2.18 bits per heavy atom. The summed E-state index contributed by atoms with van der Waals surface area (Å²) in [5, 5.41) is 0. The fraction of sp³-hybridized carbons (Fsp3) is 0.625. The zero-order chi connectivity index (χ0) is 8.69. The van der Waals surface area contributed by atoms with Crippen LogP contribution in [0, 0.1) is 0 Å². The molecule has 0 spiro atoms. The second-order valence-electron chi connectivity index (χ2n) is 2.24. The van der Waals surface area contributed by atoms with Crippen molar-refractivity contribution in [3.63, 3.8) is 0 Å². The maximum Gasteiger partial charge on any atom is 0.334 e. The number of hydrogen-bond acceptors (Lipinski definition) is 3. The molecule has 0 aromatic heterocycles. The van der Waals surface area contributed by atoms with Crippen molar-refractivity contribution < 1.29 is 14.3 Å². The molecule has 0 heterocycles. The van der Waals surface area contributed by atoms with Gasteiger partial charge in [-0.2, -0.15) is 0 Å². The van der Waals surface area contributed by atoms with Gasteiger partial charge in [-0.1, -0.05) is 0 Å². The molecule has 0 amide bonds. The Hall–Kier alpha value is -0.990. The second-order valence-corrected chi connectivity index (χ2v) is 2.24. The average molecular weight is 158 g/mol. The van der Waals surface area contributed by atoms with E-state index in [2.05, 4.69) is 0 Å². The summed E-state index contributed by atoms with van der Waals surface area (Å²) in [7, 11) is 0. The van der Waals surface area contributed by atoms with Crippen LogP contribution in [-0.2, 0) is 14.3 Å². The van der Waals surface area contributed by atoms with E-state index in [0.717, 1.165) is 0 Å². The molecule has 64 valence electrons. The van der Waals surface area contributed by atoms with Crippen LogP contribution in [-0.4, -0.2) is 18.7 Å². The molecule has 0 saturated heterocycles. The van der Waals surface area contributed by atoms with Crippen molar-refractivity contribution in [2.45, 2.75) is 26.9 Å². The Balaban J connectivity index is 3.51. The van der Waals surface area contributed by atoms with Gasteiger partial charge in [-0.05, 0) is 20.8 Å². The molecule has 0 aromatic carbocycles. The van der Waals surface area contributed by atoms with Gasteiger partial charge in [0.25, 0.3) is 0 Å². The molecule has 0 atom stereocenters. The quantitative estimate of drug-likeness (QED) is 0.353. The van der Waals surface area contributed by atoms with Crippen molar-refractivity contribution in [2.75, 3.05) is 6.61 Å². The molecule has 0 aliphatic carbocycles. The molecule has 0 aliphatic rings. The first kappa shape index (κ1) is 10.0. The zero-order valence-corrected chi connectivity index (χ0v) is 7.16. The number of rotatable bonds is 4. The highest BCUT2D eigenvalue weighted by atomic mass is 16.5. The molecular formula is C8H14O3. The molecule has 3 nitrogen and oxygen atoms in total.